The van der Waals surface area contributed by atoms with Gasteiger partial charge in [0, 0.05) is 42.8 Å². The minimum absolute atomic E-state index is 0.0376. The Labute approximate surface area is 177 Å². The van der Waals surface area contributed by atoms with Crippen molar-refractivity contribution in [2.45, 2.75) is 43.7 Å². The number of hydrogen-bond acceptors (Lipinski definition) is 4. The summed E-state index contributed by atoms with van der Waals surface area (Å²) in [6.07, 6.45) is 4.85. The van der Waals surface area contributed by atoms with Crippen LogP contribution in [0.4, 0.5) is 0 Å². The van der Waals surface area contributed by atoms with Crippen LogP contribution in [0.1, 0.15) is 42.6 Å². The topological polar surface area (TPSA) is 62.3 Å². The maximum Gasteiger partial charge on any atom is 0.253 e. The van der Waals surface area contributed by atoms with Crippen molar-refractivity contribution in [2.24, 2.45) is 5.92 Å². The molecule has 6 heteroatoms. The van der Waals surface area contributed by atoms with Crippen molar-refractivity contribution < 1.29 is 9.59 Å². The second-order valence-electron chi connectivity index (χ2n) is 7.77. The van der Waals surface area contributed by atoms with Gasteiger partial charge in [0.15, 0.2) is 0 Å². The molecule has 2 amide bonds. The monoisotopic (exact) mass is 411 g/mol. The molecule has 0 bridgehead atoms. The minimum Gasteiger partial charge on any atom is -0.352 e. The maximum atomic E-state index is 12.9. The number of nitrogens with one attached hydrogen (secondary N) is 1. The van der Waals surface area contributed by atoms with Crippen LogP contribution in [0.5, 0.6) is 0 Å². The minimum atomic E-state index is -0.0771. The third-order valence-corrected chi connectivity index (χ3v) is 6.81. The first-order valence-electron chi connectivity index (χ1n) is 10.2. The first-order valence-corrected chi connectivity index (χ1v) is 11.2. The number of thioether (sulfide) groups is 1. The van der Waals surface area contributed by atoms with E-state index in [0.29, 0.717) is 18.7 Å². The first kappa shape index (κ1) is 21.4. The van der Waals surface area contributed by atoms with Crippen LogP contribution in [0.25, 0.3) is 0 Å². The van der Waals surface area contributed by atoms with Gasteiger partial charge in [-0.25, -0.2) is 0 Å². The fraction of sp³-hybridized carbons (Fsp3) is 0.435. The Bertz CT molecular complexity index is 790. The second kappa shape index (κ2) is 10.4. The van der Waals surface area contributed by atoms with Crippen molar-refractivity contribution in [3.8, 4) is 0 Å². The van der Waals surface area contributed by atoms with Crippen molar-refractivity contribution in [1.29, 1.82) is 0 Å². The number of aromatic nitrogens is 1. The average molecular weight is 412 g/mol. The van der Waals surface area contributed by atoms with Crippen LogP contribution in [0.2, 0.25) is 0 Å². The lowest BCUT2D eigenvalue weighted by Gasteiger charge is -2.33. The summed E-state index contributed by atoms with van der Waals surface area (Å²) in [7, 11) is 0. The van der Waals surface area contributed by atoms with Crippen molar-refractivity contribution >= 4 is 23.6 Å². The van der Waals surface area contributed by atoms with E-state index in [0.717, 1.165) is 18.6 Å². The summed E-state index contributed by atoms with van der Waals surface area (Å²) in [5, 5.41) is 3.15. The Morgan fingerprint density at radius 2 is 1.76 bits per heavy atom. The van der Waals surface area contributed by atoms with Gasteiger partial charge in [-0.3, -0.25) is 14.6 Å². The molecule has 1 aromatic heterocycles. The molecular formula is C23H29N3O2S. The molecular weight excluding hydrogens is 382 g/mol. The predicted octanol–water partition coefficient (Wildman–Crippen LogP) is 3.76. The molecule has 3 rings (SSSR count). The standard InChI is InChI=1S/C23H29N3O2S/c1-17(2)21(29-16-18-6-4-3-5-7-18)22(27)25-20-10-14-26(15-11-20)23(28)19-8-12-24-13-9-19/h3-9,12-13,17,20-21H,10-11,14-16H2,1-2H3,(H,25,27). The van der Waals surface area contributed by atoms with E-state index in [1.54, 1.807) is 36.3 Å². The van der Waals surface area contributed by atoms with E-state index in [1.807, 2.05) is 23.1 Å². The molecule has 0 saturated carbocycles. The molecule has 154 valence electrons. The number of nitrogens with zero attached hydrogens (tertiary/aromatic N) is 2. The van der Waals surface area contributed by atoms with E-state index >= 15 is 0 Å². The third kappa shape index (κ3) is 6.07. The summed E-state index contributed by atoms with van der Waals surface area (Å²) < 4.78 is 0. The van der Waals surface area contributed by atoms with Gasteiger partial charge < -0.3 is 10.2 Å². The Morgan fingerprint density at radius 3 is 2.38 bits per heavy atom. The van der Waals surface area contributed by atoms with Gasteiger partial charge in [-0.15, -0.1) is 11.8 Å². The normalized spacial score (nSPS) is 15.9. The van der Waals surface area contributed by atoms with Gasteiger partial charge in [-0.1, -0.05) is 44.2 Å². The zero-order chi connectivity index (χ0) is 20.6. The molecule has 1 atom stereocenters. The zero-order valence-corrected chi connectivity index (χ0v) is 17.9. The van der Waals surface area contributed by atoms with Gasteiger partial charge in [-0.05, 0) is 36.5 Å². The van der Waals surface area contributed by atoms with Crippen LogP contribution in [-0.2, 0) is 10.5 Å². The summed E-state index contributed by atoms with van der Waals surface area (Å²) in [5.74, 6) is 1.24. The Morgan fingerprint density at radius 1 is 1.10 bits per heavy atom. The number of hydrogen-bond donors (Lipinski definition) is 1. The quantitative estimate of drug-likeness (QED) is 0.754. The molecule has 1 aromatic carbocycles. The van der Waals surface area contributed by atoms with Gasteiger partial charge in [0.2, 0.25) is 5.91 Å². The highest BCUT2D eigenvalue weighted by Gasteiger charge is 2.28. The van der Waals surface area contributed by atoms with E-state index in [1.165, 1.54) is 5.56 Å². The summed E-state index contributed by atoms with van der Waals surface area (Å²) in [6.45, 7) is 5.52. The SMILES string of the molecule is CC(C)C(SCc1ccccc1)C(=O)NC1CCN(C(=O)c2ccncc2)CC1. The Kier molecular flexibility index (Phi) is 7.69. The first-order chi connectivity index (χ1) is 14.0. The molecule has 1 fully saturated rings. The lowest BCUT2D eigenvalue weighted by molar-refractivity contribution is -0.122. The van der Waals surface area contributed by atoms with Crippen molar-refractivity contribution in [1.82, 2.24) is 15.2 Å². The molecule has 0 radical (unpaired) electrons. The van der Waals surface area contributed by atoms with Gasteiger partial charge >= 0.3 is 0 Å². The predicted molar refractivity (Wildman–Crippen MR) is 118 cm³/mol. The highest BCUT2D eigenvalue weighted by molar-refractivity contribution is 7.99. The molecule has 1 N–H and O–H groups in total. The summed E-state index contributed by atoms with van der Waals surface area (Å²) in [4.78, 5) is 31.3. The number of rotatable bonds is 7. The van der Waals surface area contributed by atoms with Gasteiger partial charge in [0.05, 0.1) is 5.25 Å². The van der Waals surface area contributed by atoms with E-state index in [2.05, 4.69) is 36.3 Å². The molecule has 1 aliphatic rings. The Balaban J connectivity index is 1.49. The van der Waals surface area contributed by atoms with Crippen LogP contribution in [0.15, 0.2) is 54.9 Å². The number of piperidine rings is 1. The highest BCUT2D eigenvalue weighted by Crippen LogP contribution is 2.25. The van der Waals surface area contributed by atoms with Gasteiger partial charge in [0.1, 0.15) is 0 Å². The lowest BCUT2D eigenvalue weighted by Crippen LogP contribution is -2.49. The molecule has 29 heavy (non-hydrogen) atoms. The second-order valence-corrected chi connectivity index (χ2v) is 8.90. The molecule has 5 nitrogen and oxygen atoms in total. The van der Waals surface area contributed by atoms with Gasteiger partial charge in [-0.2, -0.15) is 0 Å². The molecule has 1 unspecified atom stereocenters. The maximum absolute atomic E-state index is 12.9. The van der Waals surface area contributed by atoms with Crippen LogP contribution in [-0.4, -0.2) is 46.1 Å². The number of carbonyl (C=O) groups is 2. The van der Waals surface area contributed by atoms with Crippen molar-refractivity contribution in [3.05, 3.63) is 66.0 Å². The van der Waals surface area contributed by atoms with Crippen LogP contribution in [0.3, 0.4) is 0 Å². The van der Waals surface area contributed by atoms with Crippen LogP contribution < -0.4 is 5.32 Å². The summed E-state index contributed by atoms with van der Waals surface area (Å²) in [5.41, 5.74) is 1.90. The number of pyridine rings is 1. The molecule has 0 aliphatic carbocycles. The molecule has 1 saturated heterocycles. The van der Waals surface area contributed by atoms with Gasteiger partial charge in [0.25, 0.3) is 5.91 Å². The fourth-order valence-corrected chi connectivity index (χ4v) is 4.69. The largest absolute Gasteiger partial charge is 0.352 e. The number of likely N-dealkylation sites (tertiary alicyclic amines) is 1. The number of carbonyl (C=O) groups excluding carboxylic acids is 2. The molecule has 2 heterocycles. The smallest absolute Gasteiger partial charge is 0.253 e. The summed E-state index contributed by atoms with van der Waals surface area (Å²) in [6, 6.07) is 13.9. The van der Waals surface area contributed by atoms with Crippen molar-refractivity contribution in [2.75, 3.05) is 13.1 Å². The molecule has 0 spiro atoms. The third-order valence-electron chi connectivity index (χ3n) is 5.19. The Hall–Kier alpha value is -2.34. The van der Waals surface area contributed by atoms with E-state index in [-0.39, 0.29) is 29.0 Å². The lowest BCUT2D eigenvalue weighted by atomic mass is 10.0. The molecule has 2 aromatic rings. The van der Waals surface area contributed by atoms with Crippen molar-refractivity contribution in [3.63, 3.8) is 0 Å². The summed E-state index contributed by atoms with van der Waals surface area (Å²) >= 11 is 1.70. The number of amides is 2. The van der Waals surface area contributed by atoms with E-state index in [4.69, 9.17) is 0 Å². The van der Waals surface area contributed by atoms with Crippen LogP contribution in [0, 0.1) is 5.92 Å². The average Bonchev–Trinajstić information content (AvgIpc) is 2.75. The van der Waals surface area contributed by atoms with Crippen LogP contribution >= 0.6 is 11.8 Å². The molecule has 1 aliphatic heterocycles. The fourth-order valence-electron chi connectivity index (χ4n) is 3.52. The highest BCUT2D eigenvalue weighted by atomic mass is 32.2. The zero-order valence-electron chi connectivity index (χ0n) is 17.1. The van der Waals surface area contributed by atoms with E-state index in [9.17, 15) is 9.59 Å². The number of benzene rings is 1. The van der Waals surface area contributed by atoms with E-state index < -0.39 is 0 Å².